The number of ketones is 1. The fourth-order valence-electron chi connectivity index (χ4n) is 5.66. The van der Waals surface area contributed by atoms with E-state index in [0.29, 0.717) is 24.1 Å². The number of nitrogens with zero attached hydrogens (tertiary/aromatic N) is 6. The van der Waals surface area contributed by atoms with Crippen molar-refractivity contribution in [3.05, 3.63) is 24.3 Å². The zero-order valence-electron chi connectivity index (χ0n) is 28.0. The predicted molar refractivity (Wildman–Crippen MR) is 176 cm³/mol. The first-order valence-corrected chi connectivity index (χ1v) is 15.4. The summed E-state index contributed by atoms with van der Waals surface area (Å²) in [6.07, 6.45) is 4.63. The van der Waals surface area contributed by atoms with Crippen LogP contribution in [0.1, 0.15) is 0 Å². The Morgan fingerprint density at radius 3 is 1.51 bits per heavy atom. The summed E-state index contributed by atoms with van der Waals surface area (Å²) in [6, 6.07) is -0.725. The van der Waals surface area contributed by atoms with Crippen LogP contribution in [0.3, 0.4) is 0 Å². The monoisotopic (exact) mass is 713 g/mol. The van der Waals surface area contributed by atoms with Gasteiger partial charge in [0, 0.05) is 50.5 Å². The van der Waals surface area contributed by atoms with Gasteiger partial charge in [-0.3, -0.25) is 28.9 Å². The summed E-state index contributed by atoms with van der Waals surface area (Å²) in [5.41, 5.74) is -2.74. The van der Waals surface area contributed by atoms with Crippen molar-refractivity contribution in [1.82, 2.24) is 29.0 Å². The quantitative estimate of drug-likeness (QED) is 0.0391. The molecule has 0 aromatic rings. The molecule has 5 N–H and O–H groups in total. The molecule has 0 aliphatic carbocycles. The minimum Gasteiger partial charge on any atom is -0.479 e. The Kier molecular flexibility index (Phi) is 13.1. The summed E-state index contributed by atoms with van der Waals surface area (Å²) < 4.78 is 3.97. The van der Waals surface area contributed by atoms with E-state index < -0.39 is 80.9 Å². The molecule has 6 aliphatic heterocycles. The number of hydrogen-bond donors (Lipinski definition) is 5. The molecule has 1 radical (unpaired) electrons. The maximum Gasteiger partial charge on any atom is 0.414 e. The average Bonchev–Trinajstić information content (AvgIpc) is 3.59. The number of cyclic esters (lactones) is 2. The summed E-state index contributed by atoms with van der Waals surface area (Å²) in [6.45, 7) is 7.09. The third-order valence-corrected chi connectivity index (χ3v) is 8.47. The van der Waals surface area contributed by atoms with E-state index >= 15 is 0 Å². The molecule has 51 heavy (non-hydrogen) atoms. The number of carboxylic acid groups (broad SMARTS) is 1. The summed E-state index contributed by atoms with van der Waals surface area (Å²) in [7, 11) is -2.30. The number of amides is 5. The van der Waals surface area contributed by atoms with Gasteiger partial charge in [0.05, 0.1) is 13.1 Å². The van der Waals surface area contributed by atoms with E-state index in [1.54, 1.807) is 23.3 Å². The highest BCUT2D eigenvalue weighted by Crippen LogP contribution is 2.37. The molecule has 0 aromatic carbocycles. The van der Waals surface area contributed by atoms with E-state index in [1.807, 2.05) is 0 Å². The molecule has 0 aromatic heterocycles. The molecule has 5 amide bonds. The Bertz CT molecular complexity index is 1490. The molecule has 0 saturated carbocycles. The first-order valence-electron chi connectivity index (χ1n) is 15.4. The van der Waals surface area contributed by atoms with Crippen LogP contribution in [-0.2, 0) is 43.1 Å². The molecule has 0 bridgehead atoms. The maximum absolute atomic E-state index is 12.2. The molecule has 0 unspecified atom stereocenters. The lowest BCUT2D eigenvalue weighted by Gasteiger charge is -2.51. The molecule has 6 heterocycles. The van der Waals surface area contributed by atoms with Crippen LogP contribution in [0.25, 0.3) is 0 Å². The number of Topliss-reactive ketones (excluding diaryl/α,β-unsaturated/α-hetero) is 1. The number of rotatable bonds is 8. The highest BCUT2D eigenvalue weighted by molar-refractivity contribution is 6.70. The Balaban J connectivity index is 0.000000199. The molecular formula is C25H34B5N6O15. The lowest BCUT2D eigenvalue weighted by atomic mass is 9.69. The molecule has 4 saturated heterocycles. The van der Waals surface area contributed by atoms with Gasteiger partial charge in [-0.05, 0) is 27.3 Å². The second-order valence-corrected chi connectivity index (χ2v) is 12.2. The SMILES string of the molecule is CB(O)N1CC(=O)C1.CB(O)N1CC(C(=O)O)(N2C(=O)C=CC2=O)C1.CB(O)N1CC2(C1)C(=O)N([B]C=O)C(=O)N2B(C)O.O=C1C=CC(=O)O1. The number of carboxylic acids is 1. The van der Waals surface area contributed by atoms with Gasteiger partial charge in [-0.15, -0.1) is 0 Å². The molecule has 6 aliphatic rings. The number of esters is 2. The number of carbonyl (C=O) groups is 9. The molecule has 1 spiro atoms. The largest absolute Gasteiger partial charge is 0.479 e. The topological polar surface area (TPSA) is 283 Å². The molecule has 0 atom stereocenters. The second kappa shape index (κ2) is 16.3. The average molecular weight is 713 g/mol. The van der Waals surface area contributed by atoms with Gasteiger partial charge in [-0.25, -0.2) is 14.4 Å². The highest BCUT2D eigenvalue weighted by atomic mass is 16.6. The number of urea groups is 1. The zero-order valence-corrected chi connectivity index (χ0v) is 28.0. The van der Waals surface area contributed by atoms with E-state index in [1.165, 1.54) is 18.5 Å². The Morgan fingerprint density at radius 1 is 0.745 bits per heavy atom. The van der Waals surface area contributed by atoms with Crippen molar-refractivity contribution in [3.63, 3.8) is 0 Å². The van der Waals surface area contributed by atoms with Gasteiger partial charge in [0.1, 0.15) is 11.7 Å². The van der Waals surface area contributed by atoms with Gasteiger partial charge in [0.2, 0.25) is 5.91 Å². The van der Waals surface area contributed by atoms with Gasteiger partial charge in [-0.2, -0.15) is 0 Å². The van der Waals surface area contributed by atoms with Crippen LogP contribution in [0.15, 0.2) is 24.3 Å². The minimum absolute atomic E-state index is 0.0564. The standard InChI is InChI=1S/C9H11BN2O5.C8H13B3N3O5.C4H8BNO2.C4H2O3/c1-10(17)11-4-9(5-11,8(15)16)12-6(13)2-3-7(12)14;1-10(18)12-3-8(4-12)6(16)13(9-5-15)7(17)14(8)11(2)19;1-5(8)6-2-4(7)3-6;5-3-1-2-4(6)7-3/h2-3,17H,4-5H2,1H3,(H,15,16);5,18-19H,3-4H2,1-2H3;8H,2-3H2,1H3;1-2H. The summed E-state index contributed by atoms with van der Waals surface area (Å²) in [4.78, 5) is 106. The van der Waals surface area contributed by atoms with Crippen LogP contribution >= 0.6 is 0 Å². The molecule has 6 rings (SSSR count). The van der Waals surface area contributed by atoms with E-state index in [0.717, 1.165) is 41.4 Å². The predicted octanol–water partition coefficient (Wildman–Crippen LogP) is -5.90. The lowest BCUT2D eigenvalue weighted by Crippen LogP contribution is -2.77. The van der Waals surface area contributed by atoms with Gasteiger partial charge in [0.15, 0.2) is 11.3 Å². The van der Waals surface area contributed by atoms with Crippen molar-refractivity contribution in [3.8, 4) is 0 Å². The number of aliphatic carboxylic acids is 1. The third kappa shape index (κ3) is 8.55. The molecule has 269 valence electrons. The maximum atomic E-state index is 12.2. The van der Waals surface area contributed by atoms with Crippen molar-refractivity contribution in [2.24, 2.45) is 0 Å². The highest BCUT2D eigenvalue weighted by Gasteiger charge is 2.65. The van der Waals surface area contributed by atoms with Gasteiger partial charge in [0.25, 0.3) is 11.8 Å². The summed E-state index contributed by atoms with van der Waals surface area (Å²) in [5, 5.41) is 46.4. The van der Waals surface area contributed by atoms with Gasteiger partial charge in [-0.1, -0.05) is 0 Å². The van der Waals surface area contributed by atoms with Crippen LogP contribution in [0, 0.1) is 0 Å². The Morgan fingerprint density at radius 2 is 1.20 bits per heavy atom. The molecule has 21 nitrogen and oxygen atoms in total. The summed E-state index contributed by atoms with van der Waals surface area (Å²) >= 11 is 0. The van der Waals surface area contributed by atoms with Crippen LogP contribution in [0.2, 0.25) is 27.3 Å². The first-order chi connectivity index (χ1) is 23.7. The fourth-order valence-corrected chi connectivity index (χ4v) is 5.66. The van der Waals surface area contributed by atoms with Crippen LogP contribution in [-0.4, -0.2) is 194 Å². The Hall–Kier alpha value is -4.45. The van der Waals surface area contributed by atoms with Crippen molar-refractivity contribution < 1.29 is 73.1 Å². The number of hydrogen-bond acceptors (Lipinski definition) is 17. The van der Waals surface area contributed by atoms with Crippen molar-refractivity contribution in [1.29, 1.82) is 0 Å². The van der Waals surface area contributed by atoms with Gasteiger partial charge < -0.3 is 58.8 Å². The van der Waals surface area contributed by atoms with Crippen molar-refractivity contribution in [2.45, 2.75) is 38.4 Å². The van der Waals surface area contributed by atoms with E-state index in [2.05, 4.69) is 4.74 Å². The number of ether oxygens (including phenoxy) is 1. The van der Waals surface area contributed by atoms with E-state index in [-0.39, 0.29) is 32.0 Å². The van der Waals surface area contributed by atoms with Crippen molar-refractivity contribution >= 4 is 89.2 Å². The van der Waals surface area contributed by atoms with Crippen LogP contribution < -0.4 is 0 Å². The molecule has 26 heteroatoms. The van der Waals surface area contributed by atoms with Gasteiger partial charge >= 0.3 is 59.6 Å². The lowest BCUT2D eigenvalue weighted by molar-refractivity contribution is -0.170. The second-order valence-electron chi connectivity index (χ2n) is 12.2. The smallest absolute Gasteiger partial charge is 0.414 e. The Labute approximate surface area is 293 Å². The molecular weight excluding hydrogens is 678 g/mol. The van der Waals surface area contributed by atoms with E-state index in [9.17, 15) is 63.3 Å². The summed E-state index contributed by atoms with van der Waals surface area (Å²) in [5.74, 6) is -3.98. The normalized spacial score (nSPS) is 21.3. The van der Waals surface area contributed by atoms with Crippen molar-refractivity contribution in [2.75, 3.05) is 39.3 Å². The first kappa shape index (κ1) is 41.0. The fraction of sp³-hybridized carbons (Fsp3) is 0.480. The van der Waals surface area contributed by atoms with Crippen LogP contribution in [0.4, 0.5) is 4.79 Å². The minimum atomic E-state index is -1.55. The zero-order chi connectivity index (χ0) is 38.6. The molecule has 4 fully saturated rings. The van der Waals surface area contributed by atoms with Crippen LogP contribution in [0.5, 0.6) is 0 Å². The number of imide groups is 2. The number of carbonyl (C=O) groups excluding carboxylic acids is 8. The van der Waals surface area contributed by atoms with E-state index in [4.69, 9.17) is 5.02 Å². The third-order valence-electron chi connectivity index (χ3n) is 8.47.